The number of nitrogens with zero attached hydrogens (tertiary/aromatic N) is 2. The van der Waals surface area contributed by atoms with Gasteiger partial charge >= 0.3 is 0 Å². The summed E-state index contributed by atoms with van der Waals surface area (Å²) in [5.41, 5.74) is 0. The summed E-state index contributed by atoms with van der Waals surface area (Å²) in [4.78, 5) is 5.41. The summed E-state index contributed by atoms with van der Waals surface area (Å²) in [7, 11) is 5.22. The number of rotatable bonds is 0. The minimum absolute atomic E-state index is 0.858. The zero-order valence-electron chi connectivity index (χ0n) is 3.46. The third kappa shape index (κ3) is 0.506. The molecule has 1 aliphatic rings. The van der Waals surface area contributed by atoms with Crippen LogP contribution in [0.5, 0.6) is 0 Å². The molecule has 1 heterocycles. The molecule has 0 fully saturated rings. The van der Waals surface area contributed by atoms with E-state index in [1.807, 2.05) is 0 Å². The first-order chi connectivity index (χ1) is 2.89. The summed E-state index contributed by atoms with van der Waals surface area (Å²) < 4.78 is 0. The second-order valence-electron chi connectivity index (χ2n) is 1.26. The van der Waals surface area contributed by atoms with Crippen molar-refractivity contribution in [1.82, 2.24) is 4.90 Å². The molecule has 0 aromatic heterocycles. The Hall–Kier alpha value is -0.530. The van der Waals surface area contributed by atoms with Crippen molar-refractivity contribution in [3.8, 4) is 0 Å². The second kappa shape index (κ2) is 1.29. The molecule has 0 atom stereocenters. The van der Waals surface area contributed by atoms with Crippen LogP contribution in [0.1, 0.15) is 0 Å². The highest BCUT2D eigenvalue weighted by Gasteiger charge is 1.94. The smallest absolute Gasteiger partial charge is 0.0855 e. The minimum Gasteiger partial charge on any atom is -0.354 e. The molecule has 0 spiro atoms. The third-order valence-corrected chi connectivity index (χ3v) is 0.717. The normalized spacial score (nSPS) is 19.8. The topological polar surface area (TPSA) is 15.6 Å². The lowest BCUT2D eigenvalue weighted by molar-refractivity contribution is 0.618. The summed E-state index contributed by atoms with van der Waals surface area (Å²) in [5, 5.41) is 0. The van der Waals surface area contributed by atoms with Crippen LogP contribution >= 0.6 is 0 Å². The first-order valence-electron chi connectivity index (χ1n) is 1.91. The van der Waals surface area contributed by atoms with Gasteiger partial charge in [-0.1, -0.05) is 0 Å². The van der Waals surface area contributed by atoms with Crippen LogP contribution in [0.15, 0.2) is 4.99 Å². The Morgan fingerprint density at radius 2 is 2.67 bits per heavy atom. The van der Waals surface area contributed by atoms with E-state index in [9.17, 15) is 0 Å². The molecule has 32 valence electrons. The molecule has 0 saturated heterocycles. The van der Waals surface area contributed by atoms with Crippen LogP contribution in [0.25, 0.3) is 0 Å². The fourth-order valence-electron chi connectivity index (χ4n) is 0.394. The highest BCUT2D eigenvalue weighted by atomic mass is 15.2. The van der Waals surface area contributed by atoms with Gasteiger partial charge in [-0.2, -0.15) is 0 Å². The van der Waals surface area contributed by atoms with Crippen molar-refractivity contribution in [2.75, 3.05) is 13.1 Å². The molecule has 6 heavy (non-hydrogen) atoms. The van der Waals surface area contributed by atoms with E-state index in [0.717, 1.165) is 13.1 Å². The Balaban J connectivity index is 2.38. The summed E-state index contributed by atoms with van der Waals surface area (Å²) >= 11 is 0. The molecule has 0 aliphatic carbocycles. The molecule has 2 heteroatoms. The van der Waals surface area contributed by atoms with Crippen LogP contribution in [0.3, 0.4) is 0 Å². The maximum absolute atomic E-state index is 5.22. The largest absolute Gasteiger partial charge is 0.354 e. The van der Waals surface area contributed by atoms with Crippen LogP contribution < -0.4 is 0 Å². The Kier molecular flexibility index (Phi) is 0.783. The lowest BCUT2D eigenvalue weighted by Gasteiger charge is -1.98. The van der Waals surface area contributed by atoms with Crippen molar-refractivity contribution in [2.24, 2.45) is 4.99 Å². The Labute approximate surface area is 37.5 Å². The number of hydrogen-bond acceptors (Lipinski definition) is 2. The first kappa shape index (κ1) is 3.65. The van der Waals surface area contributed by atoms with Gasteiger partial charge in [0.1, 0.15) is 0 Å². The van der Waals surface area contributed by atoms with Gasteiger partial charge in [-0.25, -0.2) is 0 Å². The van der Waals surface area contributed by atoms with Crippen molar-refractivity contribution in [3.63, 3.8) is 0 Å². The van der Waals surface area contributed by atoms with E-state index >= 15 is 0 Å². The first-order valence-corrected chi connectivity index (χ1v) is 1.91. The van der Waals surface area contributed by atoms with Gasteiger partial charge in [0, 0.05) is 6.54 Å². The monoisotopic (exact) mass is 82.1 g/mol. The third-order valence-electron chi connectivity index (χ3n) is 0.717. The van der Waals surface area contributed by atoms with Gasteiger partial charge in [0.05, 0.1) is 19.9 Å². The number of hydrogen-bond donors (Lipinski definition) is 0. The van der Waals surface area contributed by atoms with E-state index in [1.54, 1.807) is 11.2 Å². The molecular weight excluding hydrogens is 76.1 g/mol. The molecule has 2 nitrogen and oxygen atoms in total. The van der Waals surface area contributed by atoms with Crippen molar-refractivity contribution in [3.05, 3.63) is 7.05 Å². The lowest BCUT2D eigenvalue weighted by atomic mass is 10.6. The van der Waals surface area contributed by atoms with Crippen LogP contribution in [0, 0.1) is 7.05 Å². The standard InChI is InChI=1S/C4H6N2/c1-6-3-2-5-4-6/h1,4H,2-3H2. The highest BCUT2D eigenvalue weighted by molar-refractivity contribution is 5.57. The van der Waals surface area contributed by atoms with E-state index in [4.69, 9.17) is 7.05 Å². The van der Waals surface area contributed by atoms with Crippen molar-refractivity contribution >= 4 is 6.34 Å². The molecule has 0 N–H and O–H groups in total. The van der Waals surface area contributed by atoms with Crippen LogP contribution in [-0.2, 0) is 0 Å². The van der Waals surface area contributed by atoms with Crippen LogP contribution in [-0.4, -0.2) is 24.3 Å². The summed E-state index contributed by atoms with van der Waals surface area (Å²) in [6.07, 6.45) is 1.64. The van der Waals surface area contributed by atoms with Gasteiger partial charge in [-0.05, 0) is 0 Å². The van der Waals surface area contributed by atoms with E-state index < -0.39 is 0 Å². The predicted octanol–water partition coefficient (Wildman–Crippen LogP) is -0.00111. The molecule has 0 unspecified atom stereocenters. The van der Waals surface area contributed by atoms with Crippen molar-refractivity contribution < 1.29 is 0 Å². The summed E-state index contributed by atoms with van der Waals surface area (Å²) in [5.74, 6) is 0. The molecule has 0 aromatic rings. The quantitative estimate of drug-likeness (QED) is 0.401. The molecule has 0 amide bonds. The Bertz CT molecular complexity index is 67.9. The van der Waals surface area contributed by atoms with Crippen LogP contribution in [0.4, 0.5) is 0 Å². The molecule has 1 rings (SSSR count). The Morgan fingerprint density at radius 3 is 2.83 bits per heavy atom. The Morgan fingerprint density at radius 1 is 1.83 bits per heavy atom. The van der Waals surface area contributed by atoms with Crippen LogP contribution in [0.2, 0.25) is 0 Å². The average molecular weight is 82.1 g/mol. The highest BCUT2D eigenvalue weighted by Crippen LogP contribution is 1.86. The van der Waals surface area contributed by atoms with E-state index in [-0.39, 0.29) is 0 Å². The van der Waals surface area contributed by atoms with Gasteiger partial charge in [0.2, 0.25) is 0 Å². The molecule has 0 bridgehead atoms. The molecule has 2 radical (unpaired) electrons. The van der Waals surface area contributed by atoms with E-state index in [0.29, 0.717) is 0 Å². The fraction of sp³-hybridized carbons (Fsp3) is 0.500. The SMILES string of the molecule is [CH]N1C=NCC1. The van der Waals surface area contributed by atoms with E-state index in [1.165, 1.54) is 0 Å². The van der Waals surface area contributed by atoms with Gasteiger partial charge in [-0.15, -0.1) is 0 Å². The van der Waals surface area contributed by atoms with Crippen molar-refractivity contribution in [1.29, 1.82) is 0 Å². The molecule has 0 aromatic carbocycles. The zero-order valence-corrected chi connectivity index (χ0v) is 3.46. The zero-order chi connectivity index (χ0) is 4.41. The summed E-state index contributed by atoms with van der Waals surface area (Å²) in [6, 6.07) is 0. The van der Waals surface area contributed by atoms with Gasteiger partial charge in [-0.3, -0.25) is 4.99 Å². The number of aliphatic imine (C=N–C) groups is 1. The lowest BCUT2D eigenvalue weighted by Crippen LogP contribution is -2.08. The molecule has 1 aliphatic heterocycles. The maximum Gasteiger partial charge on any atom is 0.0855 e. The molecule has 0 saturated carbocycles. The maximum atomic E-state index is 5.22. The average Bonchev–Trinajstić information content (AvgIpc) is 1.86. The summed E-state index contributed by atoms with van der Waals surface area (Å²) in [6.45, 7) is 1.73. The van der Waals surface area contributed by atoms with Gasteiger partial charge < -0.3 is 4.90 Å². The van der Waals surface area contributed by atoms with E-state index in [2.05, 4.69) is 4.99 Å². The second-order valence-corrected chi connectivity index (χ2v) is 1.26. The van der Waals surface area contributed by atoms with Crippen molar-refractivity contribution in [2.45, 2.75) is 0 Å². The van der Waals surface area contributed by atoms with Gasteiger partial charge in [0.15, 0.2) is 0 Å². The van der Waals surface area contributed by atoms with Gasteiger partial charge in [0.25, 0.3) is 0 Å². The minimum atomic E-state index is 0.858. The fourth-order valence-corrected chi connectivity index (χ4v) is 0.394. The molecular formula is C4H6N2. The predicted molar refractivity (Wildman–Crippen MR) is 24.4 cm³/mol.